The van der Waals surface area contributed by atoms with E-state index in [9.17, 15) is 21.6 Å². The van der Waals surface area contributed by atoms with Gasteiger partial charge in [0, 0.05) is 43.2 Å². The average molecular weight is 567 g/mol. The number of nitrogens with zero attached hydrogens (tertiary/aromatic N) is 2. The van der Waals surface area contributed by atoms with Gasteiger partial charge in [0.15, 0.2) is 5.96 Å². The van der Waals surface area contributed by atoms with E-state index in [0.29, 0.717) is 21.2 Å². The van der Waals surface area contributed by atoms with E-state index < -0.39 is 15.5 Å². The first kappa shape index (κ1) is 24.5. The number of piperidine rings is 1. The van der Waals surface area contributed by atoms with Crippen molar-refractivity contribution in [2.45, 2.75) is 42.8 Å². The van der Waals surface area contributed by atoms with E-state index in [1.54, 1.807) is 7.05 Å². The molecule has 6 nitrogen and oxygen atoms in total. The predicted molar refractivity (Wildman–Crippen MR) is 117 cm³/mol. The van der Waals surface area contributed by atoms with Crippen molar-refractivity contribution in [2.24, 2.45) is 4.99 Å². The maximum Gasteiger partial charge on any atom is 0.511 e. The monoisotopic (exact) mass is 566 g/mol. The third-order valence-electron chi connectivity index (χ3n) is 5.04. The van der Waals surface area contributed by atoms with Crippen molar-refractivity contribution in [3.63, 3.8) is 0 Å². The van der Waals surface area contributed by atoms with Gasteiger partial charge in [-0.05, 0) is 37.0 Å². The number of alkyl halides is 3. The molecule has 2 atom stereocenters. The first-order valence-electron chi connectivity index (χ1n) is 8.93. The van der Waals surface area contributed by atoms with Gasteiger partial charge in [-0.3, -0.25) is 4.99 Å². The lowest BCUT2D eigenvalue weighted by Crippen LogP contribution is -2.52. The summed E-state index contributed by atoms with van der Waals surface area (Å²) in [5, 5.41) is 7.17. The van der Waals surface area contributed by atoms with Gasteiger partial charge in [-0.15, -0.1) is 24.0 Å². The maximum absolute atomic E-state index is 12.6. The van der Waals surface area contributed by atoms with Gasteiger partial charge in [-0.25, -0.2) is 8.42 Å². The largest absolute Gasteiger partial charge is 0.511 e. The van der Waals surface area contributed by atoms with Gasteiger partial charge in [0.25, 0.3) is 0 Å². The molecule has 1 aliphatic heterocycles. The Morgan fingerprint density at radius 1 is 1.24 bits per heavy atom. The third kappa shape index (κ3) is 5.88. The minimum Gasteiger partial charge on any atom is -0.354 e. The molecule has 1 aliphatic carbocycles. The molecule has 29 heavy (non-hydrogen) atoms. The highest BCUT2D eigenvalue weighted by Gasteiger charge is 2.50. The molecule has 2 aliphatic rings. The zero-order valence-corrected chi connectivity index (χ0v) is 19.5. The van der Waals surface area contributed by atoms with Crippen molar-refractivity contribution in [3.05, 3.63) is 34.9 Å². The summed E-state index contributed by atoms with van der Waals surface area (Å²) >= 11 is 6.02. The number of hydrogen-bond acceptors (Lipinski definition) is 3. The van der Waals surface area contributed by atoms with Gasteiger partial charge < -0.3 is 10.6 Å². The van der Waals surface area contributed by atoms with Crippen LogP contribution in [0.15, 0.2) is 29.3 Å². The van der Waals surface area contributed by atoms with Crippen LogP contribution in [0.1, 0.15) is 30.7 Å². The highest BCUT2D eigenvalue weighted by molar-refractivity contribution is 14.0. The molecule has 2 fully saturated rings. The van der Waals surface area contributed by atoms with E-state index in [2.05, 4.69) is 15.6 Å². The molecule has 0 spiro atoms. The van der Waals surface area contributed by atoms with Crippen molar-refractivity contribution >= 4 is 51.6 Å². The summed E-state index contributed by atoms with van der Waals surface area (Å²) < 4.78 is 61.4. The van der Waals surface area contributed by atoms with Gasteiger partial charge in [-0.1, -0.05) is 23.7 Å². The fourth-order valence-corrected chi connectivity index (χ4v) is 4.57. The number of benzene rings is 1. The van der Waals surface area contributed by atoms with Crippen LogP contribution in [0.3, 0.4) is 0 Å². The van der Waals surface area contributed by atoms with Crippen LogP contribution in [0.2, 0.25) is 5.02 Å². The number of rotatable bonds is 4. The van der Waals surface area contributed by atoms with Crippen LogP contribution in [-0.2, 0) is 10.0 Å². The quantitative estimate of drug-likeness (QED) is 0.333. The lowest BCUT2D eigenvalue weighted by atomic mass is 10.1. The van der Waals surface area contributed by atoms with Crippen LogP contribution >= 0.6 is 35.6 Å². The molecular weight excluding hydrogens is 544 g/mol. The second-order valence-electron chi connectivity index (χ2n) is 6.99. The number of sulfonamides is 1. The SMILES string of the molecule is CN=C(NC1CCN(S(=O)(=O)C(F)(F)F)CC1)NC1CC1c1cccc(Cl)c1.I. The zero-order valence-electron chi connectivity index (χ0n) is 15.6. The van der Waals surface area contributed by atoms with Crippen molar-refractivity contribution in [1.29, 1.82) is 0 Å². The Morgan fingerprint density at radius 3 is 2.45 bits per heavy atom. The summed E-state index contributed by atoms with van der Waals surface area (Å²) in [4.78, 5) is 4.17. The molecule has 3 rings (SSSR count). The lowest BCUT2D eigenvalue weighted by molar-refractivity contribution is -0.0494. The Hall–Kier alpha value is -0.790. The molecule has 1 saturated carbocycles. The van der Waals surface area contributed by atoms with Crippen LogP contribution < -0.4 is 10.6 Å². The molecule has 2 unspecified atom stereocenters. The topological polar surface area (TPSA) is 73.8 Å². The number of hydrogen-bond donors (Lipinski definition) is 2. The van der Waals surface area contributed by atoms with Gasteiger partial charge >= 0.3 is 15.5 Å². The molecule has 0 bridgehead atoms. The van der Waals surface area contributed by atoms with E-state index in [1.807, 2.05) is 24.3 Å². The van der Waals surface area contributed by atoms with Crippen molar-refractivity contribution in [3.8, 4) is 0 Å². The molecule has 0 aromatic heterocycles. The summed E-state index contributed by atoms with van der Waals surface area (Å²) in [5.74, 6) is 0.891. The smallest absolute Gasteiger partial charge is 0.354 e. The third-order valence-corrected chi connectivity index (χ3v) is 6.91. The average Bonchev–Trinajstić information content (AvgIpc) is 3.40. The normalized spacial score (nSPS) is 24.0. The second kappa shape index (κ2) is 9.56. The Bertz CT molecular complexity index is 845. The molecule has 1 aromatic rings. The zero-order chi connectivity index (χ0) is 20.5. The number of aliphatic imine (C=N–C) groups is 1. The Balaban J connectivity index is 0.00000300. The van der Waals surface area contributed by atoms with Crippen LogP contribution in [0.4, 0.5) is 13.2 Å². The number of guanidine groups is 1. The lowest BCUT2D eigenvalue weighted by Gasteiger charge is -2.32. The summed E-state index contributed by atoms with van der Waals surface area (Å²) in [6.07, 6.45) is 1.49. The van der Waals surface area contributed by atoms with Crippen LogP contribution in [0.25, 0.3) is 0 Å². The van der Waals surface area contributed by atoms with Gasteiger partial charge in [0.05, 0.1) is 0 Å². The second-order valence-corrected chi connectivity index (χ2v) is 9.35. The van der Waals surface area contributed by atoms with E-state index in [1.165, 1.54) is 0 Å². The molecule has 0 amide bonds. The fourth-order valence-electron chi connectivity index (χ4n) is 3.39. The predicted octanol–water partition coefficient (Wildman–Crippen LogP) is 3.29. The van der Waals surface area contributed by atoms with Gasteiger partial charge in [0.2, 0.25) is 0 Å². The molecule has 1 heterocycles. The standard InChI is InChI=1S/C17H22ClF3N4O2S.HI/c1-22-16(24-15-10-14(15)11-3-2-4-12(18)9-11)23-13-5-7-25(8-6-13)28(26,27)17(19,20)21;/h2-4,9,13-15H,5-8,10H2,1H3,(H2,22,23,24);1H. The Kier molecular flexibility index (Phi) is 8.07. The molecule has 1 aromatic carbocycles. The minimum absolute atomic E-state index is 0. The van der Waals surface area contributed by atoms with Crippen molar-refractivity contribution in [1.82, 2.24) is 14.9 Å². The van der Waals surface area contributed by atoms with E-state index >= 15 is 0 Å². The first-order chi connectivity index (χ1) is 13.1. The van der Waals surface area contributed by atoms with Crippen molar-refractivity contribution in [2.75, 3.05) is 20.1 Å². The number of halogens is 5. The Morgan fingerprint density at radius 2 is 1.90 bits per heavy atom. The summed E-state index contributed by atoms with van der Waals surface area (Å²) in [5.41, 5.74) is -4.11. The van der Waals surface area contributed by atoms with Crippen LogP contribution in [0, 0.1) is 0 Å². The molecule has 2 N–H and O–H groups in total. The van der Waals surface area contributed by atoms with Crippen LogP contribution in [0.5, 0.6) is 0 Å². The molecule has 12 heteroatoms. The Labute approximate surface area is 190 Å². The molecule has 1 saturated heterocycles. The molecule has 164 valence electrons. The summed E-state index contributed by atoms with van der Waals surface area (Å²) in [6, 6.07) is 7.74. The highest BCUT2D eigenvalue weighted by Crippen LogP contribution is 2.41. The van der Waals surface area contributed by atoms with Crippen LogP contribution in [-0.4, -0.2) is 56.4 Å². The molecular formula is C17H23ClF3IN4O2S. The van der Waals surface area contributed by atoms with E-state index in [-0.39, 0.29) is 62.0 Å². The van der Waals surface area contributed by atoms with E-state index in [0.717, 1.165) is 12.0 Å². The van der Waals surface area contributed by atoms with Gasteiger partial charge in [-0.2, -0.15) is 17.5 Å². The first-order valence-corrected chi connectivity index (χ1v) is 10.8. The number of nitrogens with one attached hydrogen (secondary N) is 2. The van der Waals surface area contributed by atoms with Crippen molar-refractivity contribution < 1.29 is 21.6 Å². The summed E-state index contributed by atoms with van der Waals surface area (Å²) in [6.45, 7) is -0.351. The highest BCUT2D eigenvalue weighted by atomic mass is 127. The maximum atomic E-state index is 12.6. The van der Waals surface area contributed by atoms with Gasteiger partial charge in [0.1, 0.15) is 0 Å². The van der Waals surface area contributed by atoms with E-state index in [4.69, 9.17) is 11.6 Å². The summed E-state index contributed by atoms with van der Waals surface area (Å²) in [7, 11) is -3.64. The molecule has 0 radical (unpaired) electrons. The fraction of sp³-hybridized carbons (Fsp3) is 0.588. The minimum atomic E-state index is -5.26.